The van der Waals surface area contributed by atoms with Gasteiger partial charge in [-0.05, 0) is 31.6 Å². The van der Waals surface area contributed by atoms with Gasteiger partial charge in [0.1, 0.15) is 11.5 Å². The Morgan fingerprint density at radius 2 is 1.48 bits per heavy atom. The molecule has 5 fully saturated rings. The quantitative estimate of drug-likeness (QED) is 0.446. The summed E-state index contributed by atoms with van der Waals surface area (Å²) in [7, 11) is 0. The first-order valence-electron chi connectivity index (χ1n) is 15.0. The Kier molecular flexibility index (Phi) is 9.57. The number of nitriles is 1. The molecule has 5 aliphatic rings. The lowest BCUT2D eigenvalue weighted by Gasteiger charge is -2.44. The molecule has 12 heteroatoms. The maximum Gasteiger partial charge on any atom is 0.267 e. The van der Waals surface area contributed by atoms with Gasteiger partial charge in [-0.1, -0.05) is 0 Å². The topological polar surface area (TPSA) is 92.6 Å². The van der Waals surface area contributed by atoms with Gasteiger partial charge in [0.2, 0.25) is 11.8 Å². The normalized spacial score (nSPS) is 27.8. The van der Waals surface area contributed by atoms with Gasteiger partial charge in [-0.25, -0.2) is 8.78 Å². The Bertz CT molecular complexity index is 920. The SMILES string of the molecule is N#CC1(C(=O)N2CCN([C@@H](CN3CCOCC3)C(=O)N3CCC(F)(F)C3)CC2)CCN(CC2CCOCC2)CC1. The number of piperazine rings is 1. The number of morpholine rings is 1. The van der Waals surface area contributed by atoms with Crippen molar-refractivity contribution in [3.8, 4) is 6.07 Å². The number of halogens is 2. The Morgan fingerprint density at radius 1 is 0.825 bits per heavy atom. The van der Waals surface area contributed by atoms with Gasteiger partial charge in [0.25, 0.3) is 5.92 Å². The zero-order valence-electron chi connectivity index (χ0n) is 23.6. The van der Waals surface area contributed by atoms with Crippen molar-refractivity contribution in [1.29, 1.82) is 5.26 Å². The number of carbonyl (C=O) groups excluding carboxylic acids is 2. The summed E-state index contributed by atoms with van der Waals surface area (Å²) in [5.41, 5.74) is -1.00. The molecule has 0 N–H and O–H groups in total. The first-order chi connectivity index (χ1) is 19.3. The van der Waals surface area contributed by atoms with Gasteiger partial charge >= 0.3 is 0 Å². The molecule has 10 nitrogen and oxygen atoms in total. The van der Waals surface area contributed by atoms with Gasteiger partial charge in [-0.2, -0.15) is 5.26 Å². The zero-order valence-corrected chi connectivity index (χ0v) is 23.6. The van der Waals surface area contributed by atoms with Crippen molar-refractivity contribution in [2.45, 2.75) is 44.1 Å². The maximum absolute atomic E-state index is 13.9. The third-order valence-corrected chi connectivity index (χ3v) is 9.53. The van der Waals surface area contributed by atoms with E-state index in [1.54, 1.807) is 4.90 Å². The molecule has 40 heavy (non-hydrogen) atoms. The molecule has 5 saturated heterocycles. The molecule has 5 heterocycles. The number of ether oxygens (including phenoxy) is 2. The number of hydrogen-bond donors (Lipinski definition) is 0. The summed E-state index contributed by atoms with van der Waals surface area (Å²) in [6.45, 7) is 8.52. The Morgan fingerprint density at radius 3 is 2.08 bits per heavy atom. The number of likely N-dealkylation sites (tertiary alicyclic amines) is 2. The minimum atomic E-state index is -2.84. The molecule has 0 saturated carbocycles. The highest BCUT2D eigenvalue weighted by atomic mass is 19.3. The predicted octanol–water partition coefficient (Wildman–Crippen LogP) is 0.731. The molecule has 0 unspecified atom stereocenters. The van der Waals surface area contributed by atoms with E-state index in [9.17, 15) is 23.6 Å². The van der Waals surface area contributed by atoms with Crippen LogP contribution in [0.2, 0.25) is 0 Å². The van der Waals surface area contributed by atoms with Crippen LogP contribution in [0.5, 0.6) is 0 Å². The van der Waals surface area contributed by atoms with Crippen molar-refractivity contribution in [2.75, 3.05) is 105 Å². The van der Waals surface area contributed by atoms with Gasteiger partial charge in [0.05, 0.1) is 25.8 Å². The van der Waals surface area contributed by atoms with Crippen molar-refractivity contribution in [3.63, 3.8) is 0 Å². The average Bonchev–Trinajstić information content (AvgIpc) is 3.36. The summed E-state index contributed by atoms with van der Waals surface area (Å²) >= 11 is 0. The Balaban J connectivity index is 1.17. The molecule has 0 bridgehead atoms. The molecule has 0 aromatic carbocycles. The van der Waals surface area contributed by atoms with Crippen LogP contribution in [0.3, 0.4) is 0 Å². The van der Waals surface area contributed by atoms with Crippen LogP contribution in [0.15, 0.2) is 0 Å². The monoisotopic (exact) mass is 566 g/mol. The highest BCUT2D eigenvalue weighted by molar-refractivity contribution is 5.86. The third-order valence-electron chi connectivity index (χ3n) is 9.53. The summed E-state index contributed by atoms with van der Waals surface area (Å²) in [4.78, 5) is 36.9. The fraction of sp³-hybridized carbons (Fsp3) is 0.893. The van der Waals surface area contributed by atoms with Crippen LogP contribution in [0, 0.1) is 22.7 Å². The fourth-order valence-corrected chi connectivity index (χ4v) is 6.84. The van der Waals surface area contributed by atoms with Crippen LogP contribution in [0.25, 0.3) is 0 Å². The Labute approximate surface area is 236 Å². The minimum absolute atomic E-state index is 0.0696. The molecule has 2 amide bonds. The lowest BCUT2D eigenvalue weighted by molar-refractivity contribution is -0.145. The van der Waals surface area contributed by atoms with Crippen molar-refractivity contribution >= 4 is 11.8 Å². The van der Waals surface area contributed by atoms with Crippen LogP contribution in [0.4, 0.5) is 8.78 Å². The summed E-state index contributed by atoms with van der Waals surface area (Å²) in [5.74, 6) is -2.58. The number of hydrogen-bond acceptors (Lipinski definition) is 8. The second-order valence-corrected chi connectivity index (χ2v) is 12.2. The molecular formula is C28H44F2N6O4. The number of nitrogens with zero attached hydrogens (tertiary/aromatic N) is 6. The second kappa shape index (κ2) is 12.9. The van der Waals surface area contributed by atoms with E-state index in [2.05, 4.69) is 15.9 Å². The van der Waals surface area contributed by atoms with E-state index in [-0.39, 0.29) is 24.8 Å². The minimum Gasteiger partial charge on any atom is -0.381 e. The number of carbonyl (C=O) groups is 2. The van der Waals surface area contributed by atoms with Crippen LogP contribution in [0.1, 0.15) is 32.1 Å². The second-order valence-electron chi connectivity index (χ2n) is 12.2. The Hall–Kier alpha value is -1.91. The van der Waals surface area contributed by atoms with Gasteiger partial charge in [0.15, 0.2) is 0 Å². The first kappa shape index (κ1) is 29.6. The van der Waals surface area contributed by atoms with Crippen molar-refractivity contribution in [2.24, 2.45) is 11.3 Å². The van der Waals surface area contributed by atoms with E-state index in [1.807, 2.05) is 4.90 Å². The number of alkyl halides is 2. The van der Waals surface area contributed by atoms with E-state index in [4.69, 9.17) is 9.47 Å². The highest BCUT2D eigenvalue weighted by Gasteiger charge is 2.47. The first-order valence-corrected chi connectivity index (χ1v) is 15.0. The molecule has 224 valence electrons. The third kappa shape index (κ3) is 6.93. The van der Waals surface area contributed by atoms with Gasteiger partial charge in [-0.3, -0.25) is 19.4 Å². The maximum atomic E-state index is 13.9. The van der Waals surface area contributed by atoms with Crippen LogP contribution in [-0.2, 0) is 19.1 Å². The summed E-state index contributed by atoms with van der Waals surface area (Å²) in [6, 6.07) is 1.85. The van der Waals surface area contributed by atoms with Gasteiger partial charge in [0, 0.05) is 91.6 Å². The number of amides is 2. The molecule has 1 atom stereocenters. The highest BCUT2D eigenvalue weighted by Crippen LogP contribution is 2.34. The number of rotatable bonds is 7. The smallest absolute Gasteiger partial charge is 0.267 e. The van der Waals surface area contributed by atoms with E-state index in [0.29, 0.717) is 77.8 Å². The van der Waals surface area contributed by atoms with Crippen LogP contribution < -0.4 is 0 Å². The van der Waals surface area contributed by atoms with E-state index < -0.39 is 23.9 Å². The molecule has 5 aliphatic heterocycles. The molecule has 0 aromatic rings. The summed E-state index contributed by atoms with van der Waals surface area (Å²) in [5, 5.41) is 10.1. The molecule has 0 aromatic heterocycles. The molecule has 0 radical (unpaired) electrons. The lowest BCUT2D eigenvalue weighted by Crippen LogP contribution is -2.61. The largest absolute Gasteiger partial charge is 0.381 e. The molecular weight excluding hydrogens is 522 g/mol. The summed E-state index contributed by atoms with van der Waals surface area (Å²) < 4.78 is 38.8. The zero-order chi connectivity index (χ0) is 28.2. The lowest BCUT2D eigenvalue weighted by atomic mass is 9.78. The van der Waals surface area contributed by atoms with Crippen LogP contribution >= 0.6 is 0 Å². The molecule has 0 aliphatic carbocycles. The van der Waals surface area contributed by atoms with Crippen molar-refractivity contribution in [1.82, 2.24) is 24.5 Å². The van der Waals surface area contributed by atoms with Crippen molar-refractivity contribution in [3.05, 3.63) is 0 Å². The van der Waals surface area contributed by atoms with E-state index in [1.165, 1.54) is 4.90 Å². The number of piperidine rings is 1. The van der Waals surface area contributed by atoms with Gasteiger partial charge in [-0.15, -0.1) is 0 Å². The predicted molar refractivity (Wildman–Crippen MR) is 143 cm³/mol. The standard InChI is InChI=1S/C28H44F2N6O4/c29-28(30)5-8-36(22-28)25(37)24(20-33-13-17-40-18-14-33)34-9-11-35(12-10-34)26(38)27(21-31)3-6-32(7-4-27)19-23-1-15-39-16-2-23/h23-24H,1-20,22H2/t24-/m0/s1. The molecule has 5 rings (SSSR count). The summed E-state index contributed by atoms with van der Waals surface area (Å²) in [6.07, 6.45) is 2.91. The average molecular weight is 567 g/mol. The van der Waals surface area contributed by atoms with Crippen molar-refractivity contribution < 1.29 is 27.8 Å². The van der Waals surface area contributed by atoms with E-state index >= 15 is 0 Å². The van der Waals surface area contributed by atoms with E-state index in [0.717, 1.165) is 45.7 Å². The van der Waals surface area contributed by atoms with Gasteiger partial charge < -0.3 is 24.2 Å². The fourth-order valence-electron chi connectivity index (χ4n) is 6.84. The molecule has 0 spiro atoms. The van der Waals surface area contributed by atoms with Crippen LogP contribution in [-0.4, -0.2) is 153 Å².